The van der Waals surface area contributed by atoms with Gasteiger partial charge in [-0.1, -0.05) is 35.5 Å². The molecule has 2 heterocycles. The molecule has 29 heavy (non-hydrogen) atoms. The number of esters is 1. The van der Waals surface area contributed by atoms with Crippen molar-refractivity contribution in [3.05, 3.63) is 70.3 Å². The minimum atomic E-state index is -0.292. The molecule has 0 radical (unpaired) electrons. The molecule has 2 aromatic carbocycles. The van der Waals surface area contributed by atoms with Crippen LogP contribution in [0.4, 0.5) is 0 Å². The number of aryl methyl sites for hydroxylation is 3. The fourth-order valence-electron chi connectivity index (χ4n) is 3.66. The van der Waals surface area contributed by atoms with E-state index >= 15 is 0 Å². The number of ether oxygens (including phenoxy) is 1. The van der Waals surface area contributed by atoms with Gasteiger partial charge in [-0.25, -0.2) is 4.79 Å². The molecule has 4 aromatic rings. The molecule has 148 valence electrons. The summed E-state index contributed by atoms with van der Waals surface area (Å²) in [4.78, 5) is 12.0. The average Bonchev–Trinajstić information content (AvgIpc) is 3.09. The van der Waals surface area contributed by atoms with Crippen molar-refractivity contribution in [1.29, 1.82) is 0 Å². The predicted molar refractivity (Wildman–Crippen MR) is 117 cm³/mol. The van der Waals surface area contributed by atoms with Crippen LogP contribution in [0.3, 0.4) is 0 Å². The van der Waals surface area contributed by atoms with E-state index in [0.717, 1.165) is 21.9 Å². The highest BCUT2D eigenvalue weighted by Crippen LogP contribution is 2.30. The number of hydrogen-bond donors (Lipinski definition) is 0. The summed E-state index contributed by atoms with van der Waals surface area (Å²) in [5.74, 6) is 0.397. The third-order valence-corrected chi connectivity index (χ3v) is 5.90. The van der Waals surface area contributed by atoms with Gasteiger partial charge in [0.15, 0.2) is 10.8 Å². The third kappa shape index (κ3) is 3.72. The molecule has 0 fully saturated rings. The van der Waals surface area contributed by atoms with Crippen molar-refractivity contribution in [2.75, 3.05) is 6.61 Å². The Hall–Kier alpha value is -2.86. The molecule has 2 aromatic heterocycles. The fourth-order valence-corrected chi connectivity index (χ4v) is 4.55. The quantitative estimate of drug-likeness (QED) is 0.334. The van der Waals surface area contributed by atoms with Crippen molar-refractivity contribution in [1.82, 2.24) is 14.6 Å². The molecule has 0 saturated carbocycles. The second-order valence-electron chi connectivity index (χ2n) is 7.19. The van der Waals surface area contributed by atoms with Crippen LogP contribution in [0.15, 0.2) is 47.6 Å². The summed E-state index contributed by atoms with van der Waals surface area (Å²) in [5.41, 5.74) is 7.27. The lowest BCUT2D eigenvalue weighted by molar-refractivity contribution is 0.0526. The molecule has 0 atom stereocenters. The lowest BCUT2D eigenvalue weighted by Gasteiger charge is -2.11. The first-order valence-electron chi connectivity index (χ1n) is 9.62. The van der Waals surface area contributed by atoms with Gasteiger partial charge in [0.05, 0.1) is 17.7 Å². The molecule has 0 aliphatic rings. The Morgan fingerprint density at radius 1 is 1.07 bits per heavy atom. The molecule has 5 nitrogen and oxygen atoms in total. The highest BCUT2D eigenvalue weighted by Gasteiger charge is 2.14. The van der Waals surface area contributed by atoms with E-state index in [-0.39, 0.29) is 5.97 Å². The first-order chi connectivity index (χ1) is 14.0. The largest absolute Gasteiger partial charge is 0.462 e. The van der Waals surface area contributed by atoms with Gasteiger partial charge < -0.3 is 4.74 Å². The number of pyridine rings is 1. The number of hydrogen-bond acceptors (Lipinski definition) is 5. The van der Waals surface area contributed by atoms with Gasteiger partial charge in [0, 0.05) is 11.1 Å². The van der Waals surface area contributed by atoms with Gasteiger partial charge in [-0.15, -0.1) is 10.2 Å². The standard InChI is InChI=1S/C23H23N3O2S/c1-5-28-22(27)18-8-6-7-17(12-18)13-29-23-25-24-20-11-15(3)19-10-14(2)9-16(4)21(19)26(20)23/h6-12H,5,13H2,1-4H3. The highest BCUT2D eigenvalue weighted by atomic mass is 32.2. The number of benzene rings is 2. The van der Waals surface area contributed by atoms with E-state index in [1.807, 2.05) is 25.1 Å². The van der Waals surface area contributed by atoms with Crippen LogP contribution in [0.5, 0.6) is 0 Å². The van der Waals surface area contributed by atoms with E-state index in [1.165, 1.54) is 22.1 Å². The maximum absolute atomic E-state index is 12.0. The Labute approximate surface area is 174 Å². The first kappa shape index (κ1) is 19.5. The smallest absolute Gasteiger partial charge is 0.338 e. The normalized spacial score (nSPS) is 11.3. The van der Waals surface area contributed by atoms with Crippen molar-refractivity contribution in [2.45, 2.75) is 38.6 Å². The predicted octanol–water partition coefficient (Wildman–Crippen LogP) is 5.28. The van der Waals surface area contributed by atoms with Gasteiger partial charge in [-0.2, -0.15) is 0 Å². The van der Waals surface area contributed by atoms with Gasteiger partial charge in [0.1, 0.15) is 0 Å². The van der Waals surface area contributed by atoms with Gasteiger partial charge >= 0.3 is 5.97 Å². The molecule has 6 heteroatoms. The van der Waals surface area contributed by atoms with Crippen LogP contribution < -0.4 is 0 Å². The van der Waals surface area contributed by atoms with Gasteiger partial charge in [-0.05, 0) is 68.7 Å². The maximum atomic E-state index is 12.0. The molecular weight excluding hydrogens is 382 g/mol. The second kappa shape index (κ2) is 7.87. The van der Waals surface area contributed by atoms with E-state index in [4.69, 9.17) is 4.74 Å². The zero-order valence-corrected chi connectivity index (χ0v) is 17.8. The number of carbonyl (C=O) groups excluding carboxylic acids is 1. The first-order valence-corrected chi connectivity index (χ1v) is 10.6. The van der Waals surface area contributed by atoms with Gasteiger partial charge in [0.25, 0.3) is 0 Å². The summed E-state index contributed by atoms with van der Waals surface area (Å²) in [6.07, 6.45) is 0. The van der Waals surface area contributed by atoms with E-state index in [9.17, 15) is 4.79 Å². The molecule has 0 aliphatic carbocycles. The summed E-state index contributed by atoms with van der Waals surface area (Å²) in [6.45, 7) is 8.54. The number of carbonyl (C=O) groups is 1. The topological polar surface area (TPSA) is 56.5 Å². The summed E-state index contributed by atoms with van der Waals surface area (Å²) in [7, 11) is 0. The van der Waals surface area contributed by atoms with Crippen LogP contribution in [-0.4, -0.2) is 27.2 Å². The SMILES string of the molecule is CCOC(=O)c1cccc(CSc2nnc3cc(C)c4cc(C)cc(C)c4n23)c1. The van der Waals surface area contributed by atoms with Crippen molar-refractivity contribution >= 4 is 34.3 Å². The highest BCUT2D eigenvalue weighted by molar-refractivity contribution is 7.98. The summed E-state index contributed by atoms with van der Waals surface area (Å²) in [6, 6.07) is 14.0. The minimum absolute atomic E-state index is 0.292. The number of rotatable bonds is 5. The third-order valence-electron chi connectivity index (χ3n) is 4.90. The van der Waals surface area contributed by atoms with Crippen molar-refractivity contribution in [3.8, 4) is 0 Å². The summed E-state index contributed by atoms with van der Waals surface area (Å²) in [5, 5.41) is 10.9. The van der Waals surface area contributed by atoms with E-state index in [1.54, 1.807) is 17.8 Å². The van der Waals surface area contributed by atoms with E-state index < -0.39 is 0 Å². The Kier molecular flexibility index (Phi) is 5.28. The van der Waals surface area contributed by atoms with E-state index in [2.05, 4.69) is 53.6 Å². The van der Waals surface area contributed by atoms with Crippen molar-refractivity contribution < 1.29 is 9.53 Å². The molecule has 0 N–H and O–H groups in total. The average molecular weight is 406 g/mol. The lowest BCUT2D eigenvalue weighted by atomic mass is 10.0. The Bertz CT molecular complexity index is 1230. The summed E-state index contributed by atoms with van der Waals surface area (Å²) >= 11 is 1.61. The zero-order valence-electron chi connectivity index (χ0n) is 17.0. The second-order valence-corrected chi connectivity index (χ2v) is 8.13. The maximum Gasteiger partial charge on any atom is 0.338 e. The van der Waals surface area contributed by atoms with Crippen LogP contribution in [0.2, 0.25) is 0 Å². The minimum Gasteiger partial charge on any atom is -0.462 e. The molecule has 0 spiro atoms. The van der Waals surface area contributed by atoms with Crippen molar-refractivity contribution in [2.24, 2.45) is 0 Å². The molecule has 0 amide bonds. The Morgan fingerprint density at radius 2 is 1.90 bits per heavy atom. The van der Waals surface area contributed by atoms with Crippen LogP contribution in [-0.2, 0) is 10.5 Å². The molecule has 4 rings (SSSR count). The Balaban J connectivity index is 1.70. The zero-order chi connectivity index (χ0) is 20.5. The molecule has 0 unspecified atom stereocenters. The van der Waals surface area contributed by atoms with Crippen LogP contribution >= 0.6 is 11.8 Å². The number of aromatic nitrogens is 3. The summed E-state index contributed by atoms with van der Waals surface area (Å²) < 4.78 is 7.24. The van der Waals surface area contributed by atoms with Crippen LogP contribution in [0, 0.1) is 20.8 Å². The van der Waals surface area contributed by atoms with Crippen LogP contribution in [0.1, 0.15) is 39.5 Å². The monoisotopic (exact) mass is 405 g/mol. The molecule has 0 saturated heterocycles. The number of nitrogens with zero attached hydrogens (tertiary/aromatic N) is 3. The number of thioether (sulfide) groups is 1. The van der Waals surface area contributed by atoms with Crippen LogP contribution in [0.25, 0.3) is 16.6 Å². The fraction of sp³-hybridized carbons (Fsp3) is 0.261. The van der Waals surface area contributed by atoms with Crippen molar-refractivity contribution in [3.63, 3.8) is 0 Å². The molecular formula is C23H23N3O2S. The number of fused-ring (bicyclic) bond motifs is 3. The molecule has 0 aliphatic heterocycles. The Morgan fingerprint density at radius 3 is 2.69 bits per heavy atom. The van der Waals surface area contributed by atoms with Gasteiger partial charge in [0.2, 0.25) is 0 Å². The van der Waals surface area contributed by atoms with E-state index in [0.29, 0.717) is 17.9 Å². The molecule has 0 bridgehead atoms. The van der Waals surface area contributed by atoms with Gasteiger partial charge in [-0.3, -0.25) is 4.40 Å². The lowest BCUT2D eigenvalue weighted by Crippen LogP contribution is -2.04.